The predicted molar refractivity (Wildman–Crippen MR) is 95.2 cm³/mol. The second-order valence-corrected chi connectivity index (χ2v) is 5.63. The van der Waals surface area contributed by atoms with Crippen molar-refractivity contribution in [2.24, 2.45) is 0 Å². The lowest BCUT2D eigenvalue weighted by Gasteiger charge is -2.13. The Bertz CT molecular complexity index is 837. The van der Waals surface area contributed by atoms with Gasteiger partial charge in [0.2, 0.25) is 0 Å². The average molecular weight is 318 g/mol. The van der Waals surface area contributed by atoms with Crippen LogP contribution in [0.3, 0.4) is 0 Å². The van der Waals surface area contributed by atoms with Crippen LogP contribution in [-0.2, 0) is 4.79 Å². The van der Waals surface area contributed by atoms with Crippen LogP contribution in [0, 0.1) is 6.92 Å². The molecule has 24 heavy (non-hydrogen) atoms. The van der Waals surface area contributed by atoms with Gasteiger partial charge in [-0.25, -0.2) is 4.79 Å². The predicted octanol–water partition coefficient (Wildman–Crippen LogP) is 4.79. The van der Waals surface area contributed by atoms with Crippen molar-refractivity contribution in [1.29, 1.82) is 0 Å². The number of carboxylic acids is 1. The molecule has 0 aliphatic rings. The van der Waals surface area contributed by atoms with E-state index in [1.54, 1.807) is 0 Å². The van der Waals surface area contributed by atoms with Crippen LogP contribution in [0.15, 0.2) is 72.8 Å². The third-order valence-electron chi connectivity index (χ3n) is 3.80. The fraction of sp³-hybridized carbons (Fsp3) is 0.0952. The number of rotatable bonds is 5. The summed E-state index contributed by atoms with van der Waals surface area (Å²) in [6, 6.07) is 24.0. The summed E-state index contributed by atoms with van der Waals surface area (Å²) in [4.78, 5) is 10.8. The molecule has 0 bridgehead atoms. The minimum Gasteiger partial charge on any atom is -0.481 e. The summed E-state index contributed by atoms with van der Waals surface area (Å²) >= 11 is 0. The van der Waals surface area contributed by atoms with Crippen molar-refractivity contribution in [2.75, 3.05) is 6.61 Å². The molecular formula is C21H18O3. The molecule has 3 heteroatoms. The van der Waals surface area contributed by atoms with Gasteiger partial charge in [-0.3, -0.25) is 0 Å². The monoisotopic (exact) mass is 318 g/mol. The van der Waals surface area contributed by atoms with Gasteiger partial charge in [-0.1, -0.05) is 66.2 Å². The number of carboxylic acid groups (broad SMARTS) is 1. The van der Waals surface area contributed by atoms with Crippen LogP contribution in [0.25, 0.3) is 22.3 Å². The number of carbonyl (C=O) groups is 1. The maximum atomic E-state index is 10.8. The quantitative estimate of drug-likeness (QED) is 0.735. The summed E-state index contributed by atoms with van der Waals surface area (Å²) in [7, 11) is 0. The van der Waals surface area contributed by atoms with Gasteiger partial charge in [-0.15, -0.1) is 0 Å². The molecule has 0 amide bonds. The van der Waals surface area contributed by atoms with Gasteiger partial charge >= 0.3 is 5.97 Å². The van der Waals surface area contributed by atoms with Crippen molar-refractivity contribution in [2.45, 2.75) is 6.92 Å². The van der Waals surface area contributed by atoms with E-state index in [1.807, 2.05) is 48.5 Å². The van der Waals surface area contributed by atoms with Crippen LogP contribution >= 0.6 is 0 Å². The van der Waals surface area contributed by atoms with Crippen LogP contribution in [0.5, 0.6) is 5.75 Å². The molecule has 0 spiro atoms. The van der Waals surface area contributed by atoms with Gasteiger partial charge in [0.05, 0.1) is 0 Å². The highest BCUT2D eigenvalue weighted by Crippen LogP contribution is 2.34. The van der Waals surface area contributed by atoms with E-state index in [0.29, 0.717) is 5.75 Å². The molecule has 0 aliphatic carbocycles. The van der Waals surface area contributed by atoms with Gasteiger partial charge in [-0.2, -0.15) is 0 Å². The van der Waals surface area contributed by atoms with E-state index in [9.17, 15) is 4.79 Å². The molecule has 3 aromatic carbocycles. The van der Waals surface area contributed by atoms with Crippen molar-refractivity contribution >= 4 is 5.97 Å². The first-order valence-corrected chi connectivity index (χ1v) is 7.74. The van der Waals surface area contributed by atoms with Crippen LogP contribution < -0.4 is 4.74 Å². The van der Waals surface area contributed by atoms with Crippen molar-refractivity contribution in [3.8, 4) is 28.0 Å². The first-order valence-electron chi connectivity index (χ1n) is 7.74. The second-order valence-electron chi connectivity index (χ2n) is 5.63. The Kier molecular flexibility index (Phi) is 4.62. The van der Waals surface area contributed by atoms with Crippen molar-refractivity contribution in [3.05, 3.63) is 78.4 Å². The number of aliphatic carboxylic acids is 1. The first kappa shape index (κ1) is 15.8. The van der Waals surface area contributed by atoms with Crippen molar-refractivity contribution < 1.29 is 14.6 Å². The minimum absolute atomic E-state index is 0.357. The third-order valence-corrected chi connectivity index (χ3v) is 3.80. The van der Waals surface area contributed by atoms with Gasteiger partial charge in [0.15, 0.2) is 6.61 Å². The smallest absolute Gasteiger partial charge is 0.341 e. The Morgan fingerprint density at radius 3 is 2.21 bits per heavy atom. The minimum atomic E-state index is -0.989. The average Bonchev–Trinajstić information content (AvgIpc) is 2.61. The number of hydrogen-bond donors (Lipinski definition) is 1. The summed E-state index contributed by atoms with van der Waals surface area (Å²) in [6.45, 7) is 1.70. The number of benzene rings is 3. The summed E-state index contributed by atoms with van der Waals surface area (Å²) in [6.07, 6.45) is 0. The Balaban J connectivity index is 2.05. The maximum Gasteiger partial charge on any atom is 0.341 e. The molecule has 120 valence electrons. The third kappa shape index (κ3) is 3.63. The van der Waals surface area contributed by atoms with Gasteiger partial charge in [0, 0.05) is 5.56 Å². The fourth-order valence-electron chi connectivity index (χ4n) is 2.56. The molecule has 0 aromatic heterocycles. The van der Waals surface area contributed by atoms with Crippen LogP contribution in [0.2, 0.25) is 0 Å². The van der Waals surface area contributed by atoms with E-state index in [-0.39, 0.29) is 6.61 Å². The number of ether oxygens (including phenoxy) is 1. The lowest BCUT2D eigenvalue weighted by molar-refractivity contribution is -0.139. The van der Waals surface area contributed by atoms with E-state index in [4.69, 9.17) is 9.84 Å². The molecule has 3 aromatic rings. The van der Waals surface area contributed by atoms with Crippen molar-refractivity contribution in [3.63, 3.8) is 0 Å². The van der Waals surface area contributed by atoms with Gasteiger partial charge in [0.25, 0.3) is 0 Å². The fourth-order valence-corrected chi connectivity index (χ4v) is 2.56. The summed E-state index contributed by atoms with van der Waals surface area (Å²) in [5, 5.41) is 8.87. The molecular weight excluding hydrogens is 300 g/mol. The molecule has 0 aliphatic heterocycles. The van der Waals surface area contributed by atoms with Crippen molar-refractivity contribution in [1.82, 2.24) is 0 Å². The highest BCUT2D eigenvalue weighted by molar-refractivity contribution is 5.78. The Labute approximate surface area is 141 Å². The number of aryl methyl sites for hydroxylation is 1. The van der Waals surface area contributed by atoms with Crippen LogP contribution in [0.1, 0.15) is 5.56 Å². The number of hydrogen-bond acceptors (Lipinski definition) is 2. The highest BCUT2D eigenvalue weighted by atomic mass is 16.5. The maximum absolute atomic E-state index is 10.8. The highest BCUT2D eigenvalue weighted by Gasteiger charge is 2.10. The van der Waals surface area contributed by atoms with Gasteiger partial charge in [-0.05, 0) is 35.7 Å². The Morgan fingerprint density at radius 1 is 0.875 bits per heavy atom. The molecule has 1 N–H and O–H groups in total. The Morgan fingerprint density at radius 2 is 1.54 bits per heavy atom. The second kappa shape index (κ2) is 7.01. The van der Waals surface area contributed by atoms with Gasteiger partial charge < -0.3 is 9.84 Å². The van der Waals surface area contributed by atoms with E-state index in [0.717, 1.165) is 22.3 Å². The molecule has 0 unspecified atom stereocenters. The molecule has 0 fully saturated rings. The molecule has 0 radical (unpaired) electrons. The normalized spacial score (nSPS) is 10.4. The van der Waals surface area contributed by atoms with E-state index < -0.39 is 5.97 Å². The molecule has 0 atom stereocenters. The van der Waals surface area contributed by atoms with Crippen LogP contribution in [0.4, 0.5) is 0 Å². The summed E-state index contributed by atoms with van der Waals surface area (Å²) < 4.78 is 5.46. The summed E-state index contributed by atoms with van der Waals surface area (Å²) in [5.41, 5.74) is 5.27. The zero-order chi connectivity index (χ0) is 16.9. The molecule has 0 saturated carbocycles. The molecule has 3 rings (SSSR count). The van der Waals surface area contributed by atoms with Gasteiger partial charge in [0.1, 0.15) is 5.75 Å². The summed E-state index contributed by atoms with van der Waals surface area (Å²) in [5.74, 6) is -0.420. The standard InChI is InChI=1S/C21H18O3/c1-15-7-9-16(10-8-15)18-11-12-20(24-14-21(22)23)19(13-18)17-5-3-2-4-6-17/h2-13H,14H2,1H3,(H,22,23). The molecule has 3 nitrogen and oxygen atoms in total. The molecule has 0 heterocycles. The zero-order valence-corrected chi connectivity index (χ0v) is 13.4. The SMILES string of the molecule is Cc1ccc(-c2ccc(OCC(=O)O)c(-c3ccccc3)c2)cc1. The lowest BCUT2D eigenvalue weighted by Crippen LogP contribution is -2.10. The van der Waals surface area contributed by atoms with E-state index >= 15 is 0 Å². The largest absolute Gasteiger partial charge is 0.481 e. The van der Waals surface area contributed by atoms with E-state index in [1.165, 1.54) is 5.56 Å². The first-order chi connectivity index (χ1) is 11.6. The van der Waals surface area contributed by atoms with Crippen LogP contribution in [-0.4, -0.2) is 17.7 Å². The zero-order valence-electron chi connectivity index (χ0n) is 13.4. The Hall–Kier alpha value is -3.07. The lowest BCUT2D eigenvalue weighted by atomic mass is 9.97. The van der Waals surface area contributed by atoms with E-state index in [2.05, 4.69) is 31.2 Å². The molecule has 0 saturated heterocycles. The topological polar surface area (TPSA) is 46.5 Å².